The normalized spacial score (nSPS) is 25.7. The van der Waals surface area contributed by atoms with Crippen LogP contribution < -0.4 is 11.1 Å². The third-order valence-corrected chi connectivity index (χ3v) is 4.65. The van der Waals surface area contributed by atoms with Gasteiger partial charge in [-0.05, 0) is 37.7 Å². The molecule has 0 unspecified atom stereocenters. The molecule has 1 aliphatic carbocycles. The molecule has 0 aliphatic heterocycles. The van der Waals surface area contributed by atoms with E-state index in [2.05, 4.69) is 12.2 Å². The average Bonchev–Trinajstić information content (AvgIpc) is 2.43. The van der Waals surface area contributed by atoms with Gasteiger partial charge in [0.2, 0.25) is 5.91 Å². The number of nitrogens with one attached hydrogen (secondary N) is 1. The first-order valence-corrected chi connectivity index (χ1v) is 7.42. The molecule has 1 fully saturated rings. The van der Waals surface area contributed by atoms with Crippen molar-refractivity contribution in [1.82, 2.24) is 0 Å². The van der Waals surface area contributed by atoms with E-state index in [0.29, 0.717) is 24.8 Å². The molecule has 0 heterocycles. The Hall–Kier alpha value is -1.20. The number of hydrogen-bond donors (Lipinski definition) is 2. The van der Waals surface area contributed by atoms with Gasteiger partial charge in [-0.3, -0.25) is 4.79 Å². The van der Waals surface area contributed by atoms with Gasteiger partial charge in [0.05, 0.1) is 16.1 Å². The van der Waals surface area contributed by atoms with Gasteiger partial charge in [0.15, 0.2) is 5.82 Å². The maximum Gasteiger partial charge on any atom is 0.231 e. The Morgan fingerprint density at radius 3 is 2.57 bits per heavy atom. The molecule has 0 aromatic heterocycles. The van der Waals surface area contributed by atoms with Crippen LogP contribution in [0.25, 0.3) is 0 Å². The van der Waals surface area contributed by atoms with Crippen LogP contribution in [-0.2, 0) is 4.79 Å². The van der Waals surface area contributed by atoms with Crippen molar-refractivity contribution in [3.05, 3.63) is 28.8 Å². The van der Waals surface area contributed by atoms with Crippen molar-refractivity contribution in [3.63, 3.8) is 0 Å². The highest BCUT2D eigenvalue weighted by Gasteiger charge is 2.40. The number of benzene rings is 1. The second-order valence-electron chi connectivity index (χ2n) is 5.87. The fourth-order valence-electron chi connectivity index (χ4n) is 2.75. The molecular formula is C15H19ClF2N2O. The molecule has 21 heavy (non-hydrogen) atoms. The highest BCUT2D eigenvalue weighted by molar-refractivity contribution is 6.33. The van der Waals surface area contributed by atoms with Crippen molar-refractivity contribution in [1.29, 1.82) is 0 Å². The predicted molar refractivity (Wildman–Crippen MR) is 79.1 cm³/mol. The first-order valence-electron chi connectivity index (χ1n) is 7.04. The maximum absolute atomic E-state index is 13.8. The molecule has 2 rings (SSSR count). The third-order valence-electron chi connectivity index (χ3n) is 4.35. The number of halogens is 3. The van der Waals surface area contributed by atoms with Crippen LogP contribution in [0.2, 0.25) is 5.02 Å². The van der Waals surface area contributed by atoms with E-state index in [1.807, 2.05) is 0 Å². The highest BCUT2D eigenvalue weighted by atomic mass is 35.5. The Kier molecular flexibility index (Phi) is 4.84. The fourth-order valence-corrected chi connectivity index (χ4v) is 2.99. The van der Waals surface area contributed by atoms with Gasteiger partial charge in [-0.2, -0.15) is 0 Å². The van der Waals surface area contributed by atoms with Crippen LogP contribution >= 0.6 is 11.6 Å². The summed E-state index contributed by atoms with van der Waals surface area (Å²) in [4.78, 5) is 12.5. The van der Waals surface area contributed by atoms with E-state index in [1.54, 1.807) is 0 Å². The molecule has 1 aromatic carbocycles. The molecule has 0 bridgehead atoms. The lowest BCUT2D eigenvalue weighted by Crippen LogP contribution is -2.45. The summed E-state index contributed by atoms with van der Waals surface area (Å²) in [5, 5.41) is 2.33. The second-order valence-corrected chi connectivity index (χ2v) is 6.27. The molecule has 1 aromatic rings. The minimum absolute atomic E-state index is 0.155. The number of amides is 1. The Bertz CT molecular complexity index is 519. The second kappa shape index (κ2) is 6.28. The van der Waals surface area contributed by atoms with Crippen LogP contribution in [-0.4, -0.2) is 12.5 Å². The van der Waals surface area contributed by atoms with E-state index in [1.165, 1.54) is 0 Å². The molecule has 1 aliphatic rings. The van der Waals surface area contributed by atoms with E-state index in [4.69, 9.17) is 17.3 Å². The first-order chi connectivity index (χ1) is 9.88. The summed E-state index contributed by atoms with van der Waals surface area (Å²) in [6.45, 7) is 2.33. The zero-order valence-electron chi connectivity index (χ0n) is 11.9. The smallest absolute Gasteiger partial charge is 0.231 e. The summed E-state index contributed by atoms with van der Waals surface area (Å²) in [6.07, 6.45) is 3.14. The fraction of sp³-hybridized carbons (Fsp3) is 0.533. The number of nitrogens with two attached hydrogens (primary N) is 1. The Morgan fingerprint density at radius 1 is 1.43 bits per heavy atom. The number of rotatable bonds is 3. The maximum atomic E-state index is 13.8. The summed E-state index contributed by atoms with van der Waals surface area (Å²) >= 11 is 5.80. The van der Waals surface area contributed by atoms with Crippen LogP contribution in [0.1, 0.15) is 32.6 Å². The quantitative estimate of drug-likeness (QED) is 0.893. The van der Waals surface area contributed by atoms with Gasteiger partial charge in [-0.1, -0.05) is 18.5 Å². The van der Waals surface area contributed by atoms with Gasteiger partial charge >= 0.3 is 0 Å². The topological polar surface area (TPSA) is 55.1 Å². The lowest BCUT2D eigenvalue weighted by Gasteiger charge is -2.37. The molecule has 0 atom stereocenters. The van der Waals surface area contributed by atoms with Crippen LogP contribution in [0.15, 0.2) is 12.1 Å². The van der Waals surface area contributed by atoms with E-state index >= 15 is 0 Å². The number of carbonyl (C=O) groups is 1. The standard InChI is InChI=1S/C15H19ClF2N2O/c1-9-2-4-15(8-19,5-3-9)14(21)20-13-11(16)6-10(17)7-12(13)18/h6-7,9H,2-5,8,19H2,1H3,(H,20,21). The number of hydrogen-bond acceptors (Lipinski definition) is 2. The summed E-state index contributed by atoms with van der Waals surface area (Å²) in [5.74, 6) is -1.45. The molecule has 3 N–H and O–H groups in total. The van der Waals surface area contributed by atoms with Gasteiger partial charge in [0, 0.05) is 12.6 Å². The van der Waals surface area contributed by atoms with Gasteiger partial charge < -0.3 is 11.1 Å². The van der Waals surface area contributed by atoms with Gasteiger partial charge in [-0.25, -0.2) is 8.78 Å². The van der Waals surface area contributed by atoms with Crippen molar-refractivity contribution in [3.8, 4) is 0 Å². The molecular weight excluding hydrogens is 298 g/mol. The van der Waals surface area contributed by atoms with Gasteiger partial charge in [0.25, 0.3) is 0 Å². The molecule has 3 nitrogen and oxygen atoms in total. The lowest BCUT2D eigenvalue weighted by molar-refractivity contribution is -0.127. The molecule has 116 valence electrons. The van der Waals surface area contributed by atoms with E-state index < -0.39 is 17.0 Å². The predicted octanol–water partition coefficient (Wildman–Crippen LogP) is 3.71. The van der Waals surface area contributed by atoms with Crippen LogP contribution in [0.4, 0.5) is 14.5 Å². The minimum atomic E-state index is -0.885. The van der Waals surface area contributed by atoms with Crippen molar-refractivity contribution in [2.24, 2.45) is 17.1 Å². The molecule has 0 spiro atoms. The largest absolute Gasteiger partial charge is 0.329 e. The third kappa shape index (κ3) is 3.35. The summed E-state index contributed by atoms with van der Waals surface area (Å²) in [5.41, 5.74) is 4.91. The Morgan fingerprint density at radius 2 is 2.05 bits per heavy atom. The number of anilines is 1. The minimum Gasteiger partial charge on any atom is -0.329 e. The SMILES string of the molecule is CC1CCC(CN)(C(=O)Nc2c(F)cc(F)cc2Cl)CC1. The van der Waals surface area contributed by atoms with Crippen molar-refractivity contribution in [2.45, 2.75) is 32.6 Å². The monoisotopic (exact) mass is 316 g/mol. The van der Waals surface area contributed by atoms with Gasteiger partial charge in [-0.15, -0.1) is 0 Å². The summed E-state index contributed by atoms with van der Waals surface area (Å²) < 4.78 is 26.8. The zero-order valence-corrected chi connectivity index (χ0v) is 12.6. The number of carbonyl (C=O) groups excluding carboxylic acids is 1. The van der Waals surface area contributed by atoms with Gasteiger partial charge in [0.1, 0.15) is 5.82 Å². The van der Waals surface area contributed by atoms with E-state index in [-0.39, 0.29) is 23.2 Å². The van der Waals surface area contributed by atoms with Crippen molar-refractivity contribution >= 4 is 23.2 Å². The van der Waals surface area contributed by atoms with Crippen molar-refractivity contribution in [2.75, 3.05) is 11.9 Å². The van der Waals surface area contributed by atoms with E-state index in [0.717, 1.165) is 18.9 Å². The van der Waals surface area contributed by atoms with E-state index in [9.17, 15) is 13.6 Å². The summed E-state index contributed by atoms with van der Waals surface area (Å²) in [7, 11) is 0. The first kappa shape index (κ1) is 16.2. The zero-order chi connectivity index (χ0) is 15.6. The molecule has 0 radical (unpaired) electrons. The molecule has 0 saturated heterocycles. The molecule has 1 saturated carbocycles. The van der Waals surface area contributed by atoms with Crippen LogP contribution in [0.3, 0.4) is 0 Å². The summed E-state index contributed by atoms with van der Waals surface area (Å²) in [6, 6.07) is 1.66. The lowest BCUT2D eigenvalue weighted by atomic mass is 9.70. The Labute approximate surface area is 127 Å². The Balaban J connectivity index is 2.21. The van der Waals surface area contributed by atoms with Crippen LogP contribution in [0, 0.1) is 23.0 Å². The van der Waals surface area contributed by atoms with Crippen LogP contribution in [0.5, 0.6) is 0 Å². The average molecular weight is 317 g/mol. The molecule has 1 amide bonds. The highest BCUT2D eigenvalue weighted by Crippen LogP contribution is 2.39. The molecule has 6 heteroatoms. The van der Waals surface area contributed by atoms with Crippen molar-refractivity contribution < 1.29 is 13.6 Å².